The van der Waals surface area contributed by atoms with E-state index in [1.807, 2.05) is 25.1 Å². The van der Waals surface area contributed by atoms with Gasteiger partial charge in [0, 0.05) is 6.42 Å². The molecule has 0 atom stereocenters. The minimum Gasteiger partial charge on any atom is -0.492 e. The number of hydrogen-bond donors (Lipinski definition) is 1. The van der Waals surface area contributed by atoms with Crippen molar-refractivity contribution >= 4 is 33.7 Å². The van der Waals surface area contributed by atoms with Crippen molar-refractivity contribution in [2.75, 3.05) is 12.4 Å². The average molecular weight is 387 g/mol. The fourth-order valence-corrected chi connectivity index (χ4v) is 2.76. The molecule has 1 heterocycles. The first-order valence-electron chi connectivity index (χ1n) is 6.60. The van der Waals surface area contributed by atoms with E-state index in [9.17, 15) is 4.79 Å². The molecule has 0 unspecified atom stereocenters. The summed E-state index contributed by atoms with van der Waals surface area (Å²) in [5.74, 6) is 0.279. The maximum atomic E-state index is 10.4. The average Bonchev–Trinajstić information content (AvgIpc) is 2.91. The van der Waals surface area contributed by atoms with E-state index in [2.05, 4.69) is 26.1 Å². The number of thioether (sulfide) groups is 1. The lowest BCUT2D eigenvalue weighted by Gasteiger charge is -2.07. The van der Waals surface area contributed by atoms with Crippen LogP contribution in [-0.2, 0) is 11.2 Å². The van der Waals surface area contributed by atoms with Gasteiger partial charge < -0.3 is 14.3 Å². The van der Waals surface area contributed by atoms with Gasteiger partial charge in [-0.2, -0.15) is 0 Å². The molecule has 0 saturated heterocycles. The van der Waals surface area contributed by atoms with Crippen LogP contribution in [0, 0.1) is 6.92 Å². The van der Waals surface area contributed by atoms with Crippen LogP contribution in [0.25, 0.3) is 0 Å². The first-order valence-corrected chi connectivity index (χ1v) is 8.38. The highest BCUT2D eigenvalue weighted by Crippen LogP contribution is 2.26. The number of rotatable bonds is 8. The SMILES string of the molecule is Cc1ccc(OCCCc2nnc(SCC(=O)O)o2)c(Br)c1. The van der Waals surface area contributed by atoms with Gasteiger partial charge in [0.25, 0.3) is 5.22 Å². The maximum absolute atomic E-state index is 10.4. The fourth-order valence-electron chi connectivity index (χ4n) is 1.65. The number of hydrogen-bond acceptors (Lipinski definition) is 6. The van der Waals surface area contributed by atoms with Gasteiger partial charge in [0.05, 0.1) is 11.1 Å². The number of nitrogens with zero attached hydrogens (tertiary/aromatic N) is 2. The molecule has 1 aromatic carbocycles. The topological polar surface area (TPSA) is 85.5 Å². The van der Waals surface area contributed by atoms with E-state index in [0.717, 1.165) is 34.0 Å². The number of carboxylic acid groups (broad SMARTS) is 1. The third-order valence-electron chi connectivity index (χ3n) is 2.65. The smallest absolute Gasteiger partial charge is 0.314 e. The largest absolute Gasteiger partial charge is 0.492 e. The zero-order valence-electron chi connectivity index (χ0n) is 11.9. The van der Waals surface area contributed by atoms with Crippen LogP contribution in [0.3, 0.4) is 0 Å². The van der Waals surface area contributed by atoms with Crippen LogP contribution >= 0.6 is 27.7 Å². The van der Waals surface area contributed by atoms with Gasteiger partial charge in [-0.15, -0.1) is 10.2 Å². The van der Waals surface area contributed by atoms with Gasteiger partial charge in [-0.05, 0) is 47.0 Å². The molecule has 0 fully saturated rings. The van der Waals surface area contributed by atoms with E-state index in [1.165, 1.54) is 0 Å². The Morgan fingerprint density at radius 2 is 2.27 bits per heavy atom. The van der Waals surface area contributed by atoms with Gasteiger partial charge in [-0.25, -0.2) is 0 Å². The maximum Gasteiger partial charge on any atom is 0.314 e. The first-order chi connectivity index (χ1) is 10.5. The standard InChI is InChI=1S/C14H15BrN2O4S/c1-9-4-5-11(10(15)7-9)20-6-2-3-12-16-17-14(21-12)22-8-13(18)19/h4-5,7H,2-3,6,8H2,1H3,(H,18,19). The molecule has 0 radical (unpaired) electrons. The third kappa shape index (κ3) is 5.34. The van der Waals surface area contributed by atoms with Crippen LogP contribution in [0.2, 0.25) is 0 Å². The summed E-state index contributed by atoms with van der Waals surface area (Å²) in [6.45, 7) is 2.55. The van der Waals surface area contributed by atoms with Crippen LogP contribution in [0.5, 0.6) is 5.75 Å². The Kier molecular flexibility index (Phi) is 6.26. The lowest BCUT2D eigenvalue weighted by molar-refractivity contribution is -0.133. The molecule has 118 valence electrons. The molecule has 1 N–H and O–H groups in total. The van der Waals surface area contributed by atoms with Crippen molar-refractivity contribution in [2.45, 2.75) is 25.0 Å². The van der Waals surface area contributed by atoms with Gasteiger partial charge in [0.15, 0.2) is 0 Å². The van der Waals surface area contributed by atoms with E-state index in [0.29, 0.717) is 18.9 Å². The van der Waals surface area contributed by atoms with E-state index >= 15 is 0 Å². The minimum atomic E-state index is -0.915. The zero-order chi connectivity index (χ0) is 15.9. The molecule has 0 amide bonds. The van der Waals surface area contributed by atoms with Crippen LogP contribution in [-0.4, -0.2) is 33.6 Å². The van der Waals surface area contributed by atoms with Crippen molar-refractivity contribution in [1.29, 1.82) is 0 Å². The van der Waals surface area contributed by atoms with E-state index in [1.54, 1.807) is 0 Å². The van der Waals surface area contributed by atoms with Crippen LogP contribution in [0.4, 0.5) is 0 Å². The van der Waals surface area contributed by atoms with Crippen molar-refractivity contribution in [3.05, 3.63) is 34.1 Å². The molecular weight excluding hydrogens is 372 g/mol. The Bertz CT molecular complexity index is 648. The highest BCUT2D eigenvalue weighted by molar-refractivity contribution is 9.10. The minimum absolute atomic E-state index is 0.0911. The summed E-state index contributed by atoms with van der Waals surface area (Å²) in [5, 5.41) is 16.5. The summed E-state index contributed by atoms with van der Waals surface area (Å²) >= 11 is 4.47. The highest BCUT2D eigenvalue weighted by atomic mass is 79.9. The monoisotopic (exact) mass is 386 g/mol. The van der Waals surface area contributed by atoms with Gasteiger partial charge in [0.1, 0.15) is 11.5 Å². The molecule has 2 aromatic rings. The molecule has 0 aliphatic heterocycles. The van der Waals surface area contributed by atoms with Gasteiger partial charge >= 0.3 is 5.97 Å². The third-order valence-corrected chi connectivity index (χ3v) is 4.07. The molecule has 2 rings (SSSR count). The molecule has 0 saturated carbocycles. The summed E-state index contributed by atoms with van der Waals surface area (Å²) in [4.78, 5) is 10.4. The normalized spacial score (nSPS) is 10.6. The fraction of sp³-hybridized carbons (Fsp3) is 0.357. The summed E-state index contributed by atoms with van der Waals surface area (Å²) in [5.41, 5.74) is 1.16. The van der Waals surface area contributed by atoms with Crippen molar-refractivity contribution in [3.8, 4) is 5.75 Å². The van der Waals surface area contributed by atoms with E-state index in [4.69, 9.17) is 14.3 Å². The zero-order valence-corrected chi connectivity index (χ0v) is 14.3. The number of aryl methyl sites for hydroxylation is 2. The summed E-state index contributed by atoms with van der Waals surface area (Å²) in [7, 11) is 0. The van der Waals surface area contributed by atoms with Gasteiger partial charge in [0.2, 0.25) is 5.89 Å². The number of benzene rings is 1. The molecule has 0 aliphatic rings. The van der Waals surface area contributed by atoms with E-state index < -0.39 is 5.97 Å². The Labute approximate surface area is 140 Å². The van der Waals surface area contributed by atoms with Crippen molar-refractivity contribution in [2.24, 2.45) is 0 Å². The molecule has 8 heteroatoms. The number of halogens is 1. The number of ether oxygens (including phenoxy) is 1. The molecule has 6 nitrogen and oxygen atoms in total. The molecule has 0 spiro atoms. The second-order valence-corrected chi connectivity index (χ2v) is 6.31. The lowest BCUT2D eigenvalue weighted by atomic mass is 10.2. The first kappa shape index (κ1) is 16.8. The second-order valence-electron chi connectivity index (χ2n) is 4.53. The highest BCUT2D eigenvalue weighted by Gasteiger charge is 2.09. The predicted molar refractivity (Wildman–Crippen MR) is 85.4 cm³/mol. The Morgan fingerprint density at radius 1 is 1.45 bits per heavy atom. The number of carbonyl (C=O) groups is 1. The molecule has 22 heavy (non-hydrogen) atoms. The lowest BCUT2D eigenvalue weighted by Crippen LogP contribution is -2.00. The Morgan fingerprint density at radius 3 is 3.00 bits per heavy atom. The Balaban J connectivity index is 1.73. The number of carboxylic acids is 1. The predicted octanol–water partition coefficient (Wildman–Crippen LogP) is 3.33. The summed E-state index contributed by atoms with van der Waals surface area (Å²) in [6, 6.07) is 5.91. The number of aromatic nitrogens is 2. The quantitative estimate of drug-likeness (QED) is 0.549. The summed E-state index contributed by atoms with van der Waals surface area (Å²) < 4.78 is 11.9. The molecular formula is C14H15BrN2O4S. The van der Waals surface area contributed by atoms with Crippen molar-refractivity contribution in [1.82, 2.24) is 10.2 Å². The second kappa shape index (κ2) is 8.19. The van der Waals surface area contributed by atoms with Crippen LogP contribution in [0.1, 0.15) is 17.9 Å². The van der Waals surface area contributed by atoms with Crippen molar-refractivity contribution in [3.63, 3.8) is 0 Å². The number of aliphatic carboxylic acids is 1. The van der Waals surface area contributed by atoms with Crippen LogP contribution in [0.15, 0.2) is 32.3 Å². The molecule has 0 aliphatic carbocycles. The van der Waals surface area contributed by atoms with E-state index in [-0.39, 0.29) is 11.0 Å². The molecule has 0 bridgehead atoms. The van der Waals surface area contributed by atoms with Crippen molar-refractivity contribution < 1.29 is 19.1 Å². The Hall–Kier alpha value is -1.54. The summed E-state index contributed by atoms with van der Waals surface area (Å²) in [6.07, 6.45) is 1.32. The molecule has 1 aromatic heterocycles. The van der Waals surface area contributed by atoms with Gasteiger partial charge in [-0.1, -0.05) is 17.8 Å². The van der Waals surface area contributed by atoms with Gasteiger partial charge in [-0.3, -0.25) is 4.79 Å². The van der Waals surface area contributed by atoms with Crippen LogP contribution < -0.4 is 4.74 Å².